The number of hydrogen-bond donors (Lipinski definition) is 2. The zero-order valence-electron chi connectivity index (χ0n) is 10.7. The summed E-state index contributed by atoms with van der Waals surface area (Å²) in [6, 6.07) is 2.81. The van der Waals surface area contributed by atoms with Crippen molar-refractivity contribution in [1.82, 2.24) is 9.88 Å². The van der Waals surface area contributed by atoms with Gasteiger partial charge in [0.25, 0.3) is 11.5 Å². The highest BCUT2D eigenvalue weighted by Crippen LogP contribution is 1.95. The number of pyridine rings is 1. The van der Waals surface area contributed by atoms with Crippen LogP contribution in [0.1, 0.15) is 16.8 Å². The quantitative estimate of drug-likeness (QED) is 0.714. The van der Waals surface area contributed by atoms with E-state index >= 15 is 0 Å². The predicted molar refractivity (Wildman–Crippen MR) is 68.5 cm³/mol. The number of aryl methyl sites for hydroxylation is 1. The van der Waals surface area contributed by atoms with E-state index in [0.29, 0.717) is 25.1 Å². The van der Waals surface area contributed by atoms with Crippen LogP contribution in [0.5, 0.6) is 0 Å². The molecular weight excluding hydrogens is 234 g/mol. The highest BCUT2D eigenvalue weighted by molar-refractivity contribution is 5.93. The molecule has 0 fully saturated rings. The fourth-order valence-electron chi connectivity index (χ4n) is 1.46. The Hall–Kier alpha value is -1.66. The van der Waals surface area contributed by atoms with Crippen molar-refractivity contribution in [2.24, 2.45) is 12.8 Å². The Kier molecular flexibility index (Phi) is 5.54. The summed E-state index contributed by atoms with van der Waals surface area (Å²) >= 11 is 0. The van der Waals surface area contributed by atoms with Gasteiger partial charge < -0.3 is 20.4 Å². The molecule has 0 aliphatic heterocycles. The zero-order valence-corrected chi connectivity index (χ0v) is 10.7. The minimum absolute atomic E-state index is 0.0982. The molecule has 18 heavy (non-hydrogen) atoms. The van der Waals surface area contributed by atoms with E-state index in [-0.39, 0.29) is 17.5 Å². The van der Waals surface area contributed by atoms with E-state index in [1.165, 1.54) is 10.6 Å². The number of nitrogens with two attached hydrogens (primary N) is 1. The Labute approximate surface area is 106 Å². The SMILES string of the molecule is COCC(N)CCNC(=O)c1ccn(C)c(=O)c1. The average molecular weight is 253 g/mol. The largest absolute Gasteiger partial charge is 0.383 e. The Balaban J connectivity index is 2.45. The number of rotatable bonds is 6. The Bertz CT molecular complexity index is 456. The number of aromatic nitrogens is 1. The van der Waals surface area contributed by atoms with Crippen molar-refractivity contribution >= 4 is 5.91 Å². The lowest BCUT2D eigenvalue weighted by atomic mass is 10.2. The van der Waals surface area contributed by atoms with Crippen LogP contribution in [0.25, 0.3) is 0 Å². The number of carbonyl (C=O) groups excluding carboxylic acids is 1. The number of hydrogen-bond acceptors (Lipinski definition) is 4. The fraction of sp³-hybridized carbons (Fsp3) is 0.500. The minimum atomic E-state index is -0.266. The smallest absolute Gasteiger partial charge is 0.251 e. The second-order valence-electron chi connectivity index (χ2n) is 4.12. The van der Waals surface area contributed by atoms with Gasteiger partial charge in [0, 0.05) is 44.6 Å². The molecule has 6 heteroatoms. The van der Waals surface area contributed by atoms with Crippen LogP contribution < -0.4 is 16.6 Å². The Morgan fingerprint density at radius 3 is 2.94 bits per heavy atom. The molecule has 0 spiro atoms. The van der Waals surface area contributed by atoms with Crippen molar-refractivity contribution < 1.29 is 9.53 Å². The summed E-state index contributed by atoms with van der Waals surface area (Å²) in [5.74, 6) is -0.266. The van der Waals surface area contributed by atoms with Crippen molar-refractivity contribution in [3.8, 4) is 0 Å². The lowest BCUT2D eigenvalue weighted by Gasteiger charge is -2.11. The van der Waals surface area contributed by atoms with Crippen molar-refractivity contribution in [3.63, 3.8) is 0 Å². The van der Waals surface area contributed by atoms with Gasteiger partial charge in [-0.2, -0.15) is 0 Å². The van der Waals surface area contributed by atoms with Crippen LogP contribution in [0.4, 0.5) is 0 Å². The molecule has 1 unspecified atom stereocenters. The maximum atomic E-state index is 11.7. The molecule has 0 radical (unpaired) electrons. The Morgan fingerprint density at radius 1 is 1.61 bits per heavy atom. The van der Waals surface area contributed by atoms with E-state index in [4.69, 9.17) is 10.5 Å². The fourth-order valence-corrected chi connectivity index (χ4v) is 1.46. The summed E-state index contributed by atoms with van der Waals surface area (Å²) in [4.78, 5) is 23.1. The van der Waals surface area contributed by atoms with Crippen molar-refractivity contribution in [1.29, 1.82) is 0 Å². The van der Waals surface area contributed by atoms with Crippen LogP contribution in [-0.2, 0) is 11.8 Å². The number of methoxy groups -OCH3 is 1. The van der Waals surface area contributed by atoms with Gasteiger partial charge in [-0.25, -0.2) is 0 Å². The lowest BCUT2D eigenvalue weighted by Crippen LogP contribution is -2.33. The first-order valence-electron chi connectivity index (χ1n) is 5.74. The number of carbonyl (C=O) groups is 1. The standard InChI is InChI=1S/C12H19N3O3/c1-15-6-4-9(7-11(15)16)12(17)14-5-3-10(13)8-18-2/h4,6-7,10H,3,5,8,13H2,1-2H3,(H,14,17). The zero-order chi connectivity index (χ0) is 13.5. The molecule has 0 bridgehead atoms. The molecule has 0 aromatic carbocycles. The third kappa shape index (κ3) is 4.31. The van der Waals surface area contributed by atoms with E-state index in [1.807, 2.05) is 0 Å². The van der Waals surface area contributed by atoms with Gasteiger partial charge in [-0.3, -0.25) is 9.59 Å². The first-order chi connectivity index (χ1) is 8.54. The van der Waals surface area contributed by atoms with Gasteiger partial charge >= 0.3 is 0 Å². The van der Waals surface area contributed by atoms with Gasteiger partial charge in [0.1, 0.15) is 0 Å². The minimum Gasteiger partial charge on any atom is -0.383 e. The number of nitrogens with zero attached hydrogens (tertiary/aromatic N) is 1. The number of ether oxygens (including phenoxy) is 1. The average Bonchev–Trinajstić information content (AvgIpc) is 2.33. The van der Waals surface area contributed by atoms with E-state index < -0.39 is 0 Å². The maximum Gasteiger partial charge on any atom is 0.251 e. The Morgan fingerprint density at radius 2 is 2.33 bits per heavy atom. The predicted octanol–water partition coefficient (Wildman–Crippen LogP) is -0.521. The van der Waals surface area contributed by atoms with Gasteiger partial charge in [0.15, 0.2) is 0 Å². The van der Waals surface area contributed by atoms with Crippen LogP contribution in [-0.4, -0.2) is 36.8 Å². The first-order valence-corrected chi connectivity index (χ1v) is 5.74. The number of amides is 1. The molecule has 1 rings (SSSR count). The van der Waals surface area contributed by atoms with Gasteiger partial charge in [0.2, 0.25) is 0 Å². The summed E-state index contributed by atoms with van der Waals surface area (Å²) in [6.45, 7) is 0.917. The van der Waals surface area contributed by atoms with Crippen LogP contribution in [0.2, 0.25) is 0 Å². The lowest BCUT2D eigenvalue weighted by molar-refractivity contribution is 0.0950. The summed E-state index contributed by atoms with van der Waals surface area (Å²) in [5.41, 5.74) is 5.87. The monoisotopic (exact) mass is 253 g/mol. The molecule has 1 aromatic rings. The van der Waals surface area contributed by atoms with Crippen LogP contribution in [0.3, 0.4) is 0 Å². The van der Waals surface area contributed by atoms with Crippen LogP contribution >= 0.6 is 0 Å². The molecule has 6 nitrogen and oxygen atoms in total. The second kappa shape index (κ2) is 6.93. The van der Waals surface area contributed by atoms with E-state index in [1.54, 1.807) is 26.4 Å². The van der Waals surface area contributed by atoms with Gasteiger partial charge in [-0.15, -0.1) is 0 Å². The maximum absolute atomic E-state index is 11.7. The van der Waals surface area contributed by atoms with E-state index in [0.717, 1.165) is 0 Å². The number of nitrogens with one attached hydrogen (secondary N) is 1. The highest BCUT2D eigenvalue weighted by Gasteiger charge is 2.07. The summed E-state index contributed by atoms with van der Waals surface area (Å²) < 4.78 is 6.30. The molecule has 1 amide bonds. The van der Waals surface area contributed by atoms with Crippen LogP contribution in [0, 0.1) is 0 Å². The third-order valence-electron chi connectivity index (χ3n) is 2.55. The normalized spacial score (nSPS) is 12.2. The van der Waals surface area contributed by atoms with E-state index in [9.17, 15) is 9.59 Å². The molecular formula is C12H19N3O3. The van der Waals surface area contributed by atoms with Crippen molar-refractivity contribution in [2.75, 3.05) is 20.3 Å². The molecule has 0 aliphatic rings. The molecule has 0 saturated carbocycles. The molecule has 1 atom stereocenters. The van der Waals surface area contributed by atoms with Crippen LogP contribution in [0.15, 0.2) is 23.1 Å². The molecule has 0 aliphatic carbocycles. The third-order valence-corrected chi connectivity index (χ3v) is 2.55. The highest BCUT2D eigenvalue weighted by atomic mass is 16.5. The molecule has 3 N–H and O–H groups in total. The molecule has 1 aromatic heterocycles. The van der Waals surface area contributed by atoms with Gasteiger partial charge in [-0.05, 0) is 12.5 Å². The summed E-state index contributed by atoms with van der Waals surface area (Å²) in [5, 5.41) is 2.71. The summed E-state index contributed by atoms with van der Waals surface area (Å²) in [6.07, 6.45) is 2.19. The van der Waals surface area contributed by atoms with Gasteiger partial charge in [0.05, 0.1) is 6.61 Å². The van der Waals surface area contributed by atoms with Crippen molar-refractivity contribution in [3.05, 3.63) is 34.2 Å². The summed E-state index contributed by atoms with van der Waals surface area (Å²) in [7, 11) is 3.21. The molecule has 100 valence electrons. The first kappa shape index (κ1) is 14.4. The van der Waals surface area contributed by atoms with Gasteiger partial charge in [-0.1, -0.05) is 0 Å². The molecule has 1 heterocycles. The van der Waals surface area contributed by atoms with E-state index in [2.05, 4.69) is 5.32 Å². The topological polar surface area (TPSA) is 86.3 Å². The second-order valence-corrected chi connectivity index (χ2v) is 4.12. The molecule has 0 saturated heterocycles. The van der Waals surface area contributed by atoms with Crippen molar-refractivity contribution in [2.45, 2.75) is 12.5 Å².